The average molecular weight is 294 g/mol. The predicted molar refractivity (Wildman–Crippen MR) is 78.9 cm³/mol. The van der Waals surface area contributed by atoms with Crippen molar-refractivity contribution >= 4 is 17.7 Å². The molecule has 1 atom stereocenters. The molecule has 1 saturated heterocycles. The van der Waals surface area contributed by atoms with Crippen molar-refractivity contribution in [1.29, 1.82) is 0 Å². The van der Waals surface area contributed by atoms with E-state index >= 15 is 0 Å². The molecule has 7 nitrogen and oxygen atoms in total. The quantitative estimate of drug-likeness (QED) is 0.869. The van der Waals surface area contributed by atoms with Crippen LogP contribution in [0.3, 0.4) is 0 Å². The fourth-order valence-corrected chi connectivity index (χ4v) is 2.58. The van der Waals surface area contributed by atoms with Crippen LogP contribution < -0.4 is 11.1 Å². The van der Waals surface area contributed by atoms with Crippen molar-refractivity contribution in [1.82, 2.24) is 14.8 Å². The molecule has 0 spiro atoms. The average Bonchev–Trinajstić information content (AvgIpc) is 2.77. The molecule has 1 aromatic rings. The highest BCUT2D eigenvalue weighted by Crippen LogP contribution is 2.16. The zero-order valence-electron chi connectivity index (χ0n) is 12.5. The van der Waals surface area contributed by atoms with Crippen LogP contribution in [0.5, 0.6) is 0 Å². The molecule has 0 radical (unpaired) electrons. The number of alkyl carbamates (subject to hydrolysis) is 1. The molecule has 1 aromatic heterocycles. The molecule has 0 aromatic carbocycles. The summed E-state index contributed by atoms with van der Waals surface area (Å²) in [6, 6.07) is 1.60. The fourth-order valence-electron chi connectivity index (χ4n) is 2.58. The summed E-state index contributed by atoms with van der Waals surface area (Å²) < 4.78 is 6.60. The number of nitrogen functional groups attached to an aromatic ring is 1. The Labute approximate surface area is 124 Å². The van der Waals surface area contributed by atoms with E-state index in [1.165, 1.54) is 0 Å². The Balaban J connectivity index is 1.99. The van der Waals surface area contributed by atoms with Crippen molar-refractivity contribution in [2.24, 2.45) is 7.05 Å². The van der Waals surface area contributed by atoms with Gasteiger partial charge in [-0.15, -0.1) is 0 Å². The van der Waals surface area contributed by atoms with E-state index in [0.717, 1.165) is 12.8 Å². The molecular weight excluding hydrogens is 272 g/mol. The van der Waals surface area contributed by atoms with E-state index in [2.05, 4.69) is 5.32 Å². The number of nitrogens with one attached hydrogen (secondary N) is 1. The molecule has 7 heteroatoms. The highest BCUT2D eigenvalue weighted by Gasteiger charge is 2.27. The predicted octanol–water partition coefficient (Wildman–Crippen LogP) is 0.958. The van der Waals surface area contributed by atoms with Gasteiger partial charge in [0, 0.05) is 32.4 Å². The largest absolute Gasteiger partial charge is 0.450 e. The van der Waals surface area contributed by atoms with Gasteiger partial charge in [-0.1, -0.05) is 0 Å². The Morgan fingerprint density at radius 1 is 1.52 bits per heavy atom. The maximum atomic E-state index is 12.5. The van der Waals surface area contributed by atoms with Crippen LogP contribution in [0, 0.1) is 0 Å². The van der Waals surface area contributed by atoms with Crippen LogP contribution in [-0.4, -0.2) is 47.2 Å². The van der Waals surface area contributed by atoms with E-state index < -0.39 is 6.09 Å². The number of piperidine rings is 1. The van der Waals surface area contributed by atoms with E-state index in [0.29, 0.717) is 31.1 Å². The van der Waals surface area contributed by atoms with Crippen molar-refractivity contribution in [2.75, 3.05) is 25.4 Å². The topological polar surface area (TPSA) is 89.6 Å². The number of carbonyl (C=O) groups is 2. The number of hydrogen-bond donors (Lipinski definition) is 2. The second kappa shape index (κ2) is 6.51. The van der Waals surface area contributed by atoms with Crippen LogP contribution in [0.2, 0.25) is 0 Å². The standard InChI is InChI=1S/C14H22N4O3/c1-3-21-14(20)16-11-5-4-6-18(9-11)13(19)12-7-10(15)8-17(12)2/h7-8,11H,3-6,9,15H2,1-2H3,(H,16,20). The molecule has 2 amide bonds. The molecule has 2 rings (SSSR count). The molecule has 1 aliphatic rings. The lowest BCUT2D eigenvalue weighted by Gasteiger charge is -2.33. The van der Waals surface area contributed by atoms with Crippen LogP contribution in [-0.2, 0) is 11.8 Å². The number of ether oxygens (including phenoxy) is 1. The van der Waals surface area contributed by atoms with Gasteiger partial charge in [-0.05, 0) is 25.8 Å². The minimum atomic E-state index is -0.431. The number of nitrogens with zero attached hydrogens (tertiary/aromatic N) is 2. The summed E-state index contributed by atoms with van der Waals surface area (Å²) in [5.74, 6) is -0.0652. The summed E-state index contributed by atoms with van der Waals surface area (Å²) in [4.78, 5) is 25.7. The molecule has 1 aliphatic heterocycles. The van der Waals surface area contributed by atoms with Gasteiger partial charge in [0.15, 0.2) is 0 Å². The summed E-state index contributed by atoms with van der Waals surface area (Å²) in [6.45, 7) is 3.27. The lowest BCUT2D eigenvalue weighted by molar-refractivity contribution is 0.0676. The zero-order chi connectivity index (χ0) is 15.4. The maximum Gasteiger partial charge on any atom is 0.407 e. The summed E-state index contributed by atoms with van der Waals surface area (Å²) >= 11 is 0. The minimum Gasteiger partial charge on any atom is -0.450 e. The summed E-state index contributed by atoms with van der Waals surface area (Å²) in [5.41, 5.74) is 6.84. The van der Waals surface area contributed by atoms with Gasteiger partial charge in [0.05, 0.1) is 12.3 Å². The fraction of sp³-hybridized carbons (Fsp3) is 0.571. The lowest BCUT2D eigenvalue weighted by atomic mass is 10.1. The maximum absolute atomic E-state index is 12.5. The highest BCUT2D eigenvalue weighted by atomic mass is 16.5. The number of aryl methyl sites for hydroxylation is 1. The van der Waals surface area contributed by atoms with Crippen LogP contribution in [0.1, 0.15) is 30.3 Å². The van der Waals surface area contributed by atoms with Crippen molar-refractivity contribution in [3.63, 3.8) is 0 Å². The Kier molecular flexibility index (Phi) is 4.72. The second-order valence-corrected chi connectivity index (χ2v) is 5.22. The normalized spacial score (nSPS) is 18.4. The molecule has 21 heavy (non-hydrogen) atoms. The number of anilines is 1. The smallest absolute Gasteiger partial charge is 0.407 e. The molecule has 0 saturated carbocycles. The molecule has 3 N–H and O–H groups in total. The zero-order valence-corrected chi connectivity index (χ0v) is 12.5. The number of nitrogens with two attached hydrogens (primary N) is 1. The molecule has 2 heterocycles. The van der Waals surface area contributed by atoms with Crippen molar-refractivity contribution < 1.29 is 14.3 Å². The Morgan fingerprint density at radius 2 is 2.29 bits per heavy atom. The van der Waals surface area contributed by atoms with Gasteiger partial charge in [0.2, 0.25) is 0 Å². The number of hydrogen-bond acceptors (Lipinski definition) is 4. The van der Waals surface area contributed by atoms with E-state index in [9.17, 15) is 9.59 Å². The first-order chi connectivity index (χ1) is 10.0. The highest BCUT2D eigenvalue weighted by molar-refractivity contribution is 5.94. The third-order valence-corrected chi connectivity index (χ3v) is 3.55. The molecular formula is C14H22N4O3. The van der Waals surface area contributed by atoms with Gasteiger partial charge in [-0.3, -0.25) is 4.79 Å². The van der Waals surface area contributed by atoms with E-state index in [4.69, 9.17) is 10.5 Å². The third kappa shape index (κ3) is 3.68. The van der Waals surface area contributed by atoms with Gasteiger partial charge in [-0.25, -0.2) is 4.79 Å². The number of aromatic nitrogens is 1. The van der Waals surface area contributed by atoms with Crippen LogP contribution in [0.25, 0.3) is 0 Å². The lowest BCUT2D eigenvalue weighted by Crippen LogP contribution is -2.50. The van der Waals surface area contributed by atoms with Crippen molar-refractivity contribution in [3.8, 4) is 0 Å². The summed E-state index contributed by atoms with van der Waals surface area (Å²) in [7, 11) is 1.79. The van der Waals surface area contributed by atoms with Crippen LogP contribution in [0.4, 0.5) is 10.5 Å². The van der Waals surface area contributed by atoms with Gasteiger partial charge >= 0.3 is 6.09 Å². The first-order valence-corrected chi connectivity index (χ1v) is 7.15. The number of rotatable bonds is 3. The molecule has 1 unspecified atom stereocenters. The molecule has 0 bridgehead atoms. The van der Waals surface area contributed by atoms with Gasteiger partial charge in [0.25, 0.3) is 5.91 Å². The monoisotopic (exact) mass is 294 g/mol. The van der Waals surface area contributed by atoms with Gasteiger partial charge < -0.3 is 25.3 Å². The Morgan fingerprint density at radius 3 is 2.90 bits per heavy atom. The summed E-state index contributed by atoms with van der Waals surface area (Å²) in [6.07, 6.45) is 2.98. The number of amides is 2. The second-order valence-electron chi connectivity index (χ2n) is 5.22. The first kappa shape index (κ1) is 15.2. The molecule has 0 aliphatic carbocycles. The van der Waals surface area contributed by atoms with E-state index in [1.54, 1.807) is 35.7 Å². The van der Waals surface area contributed by atoms with Gasteiger partial charge in [0.1, 0.15) is 5.69 Å². The van der Waals surface area contributed by atoms with Gasteiger partial charge in [-0.2, -0.15) is 0 Å². The SMILES string of the molecule is CCOC(=O)NC1CCCN(C(=O)c2cc(N)cn2C)C1. The van der Waals surface area contributed by atoms with E-state index in [1.807, 2.05) is 0 Å². The Bertz CT molecular complexity index is 526. The number of carbonyl (C=O) groups excluding carboxylic acids is 2. The summed E-state index contributed by atoms with van der Waals surface area (Å²) in [5, 5.41) is 2.79. The van der Waals surface area contributed by atoms with E-state index in [-0.39, 0.29) is 11.9 Å². The first-order valence-electron chi connectivity index (χ1n) is 7.15. The van der Waals surface area contributed by atoms with Crippen LogP contribution >= 0.6 is 0 Å². The molecule has 1 fully saturated rings. The van der Waals surface area contributed by atoms with Crippen molar-refractivity contribution in [2.45, 2.75) is 25.8 Å². The minimum absolute atomic E-state index is 0.0652. The number of likely N-dealkylation sites (tertiary alicyclic amines) is 1. The molecule has 116 valence electrons. The Hall–Kier alpha value is -2.18. The van der Waals surface area contributed by atoms with Crippen molar-refractivity contribution in [3.05, 3.63) is 18.0 Å². The van der Waals surface area contributed by atoms with Crippen LogP contribution in [0.15, 0.2) is 12.3 Å². The third-order valence-electron chi connectivity index (χ3n) is 3.55.